The lowest BCUT2D eigenvalue weighted by Gasteiger charge is -2.20. The van der Waals surface area contributed by atoms with Gasteiger partial charge in [-0.25, -0.2) is 4.39 Å². The van der Waals surface area contributed by atoms with Crippen LogP contribution in [0.15, 0.2) is 41.4 Å². The second-order valence-corrected chi connectivity index (χ2v) is 7.08. The first kappa shape index (κ1) is 24.0. The predicted octanol–water partition coefficient (Wildman–Crippen LogP) is 3.87. The summed E-state index contributed by atoms with van der Waals surface area (Å²) in [5.41, 5.74) is 1.86. The van der Waals surface area contributed by atoms with Gasteiger partial charge in [-0.15, -0.1) is 24.0 Å². The molecule has 0 spiro atoms. The number of hydrogen-bond donors (Lipinski definition) is 2. The standard InChI is InChI=1S/C22H28FN3O3.HI/c1-24-21(26-14-22(8-9-22)15-6-5-7-16(23)10-15)25-13-18-19(28-3)11-17(27-2)12-20(18)29-4;/h5-7,10-12H,8-9,13-14H2,1-4H3,(H2,24,25,26);1H. The summed E-state index contributed by atoms with van der Waals surface area (Å²) < 4.78 is 29.9. The van der Waals surface area contributed by atoms with Crippen molar-refractivity contribution < 1.29 is 18.6 Å². The summed E-state index contributed by atoms with van der Waals surface area (Å²) in [6, 6.07) is 10.5. The normalized spacial score (nSPS) is 14.4. The monoisotopic (exact) mass is 529 g/mol. The Balaban J connectivity index is 0.00000320. The first-order chi connectivity index (χ1) is 14.0. The molecule has 0 radical (unpaired) electrons. The van der Waals surface area contributed by atoms with E-state index in [-0.39, 0.29) is 35.2 Å². The number of halogens is 2. The molecule has 6 nitrogen and oxygen atoms in total. The Morgan fingerprint density at radius 3 is 2.20 bits per heavy atom. The number of hydrogen-bond acceptors (Lipinski definition) is 4. The fourth-order valence-electron chi connectivity index (χ4n) is 3.43. The molecule has 8 heteroatoms. The zero-order valence-electron chi connectivity index (χ0n) is 17.8. The molecule has 0 heterocycles. The van der Waals surface area contributed by atoms with Crippen LogP contribution in [0, 0.1) is 5.82 Å². The van der Waals surface area contributed by atoms with Crippen LogP contribution in [0.3, 0.4) is 0 Å². The van der Waals surface area contributed by atoms with Gasteiger partial charge in [0.15, 0.2) is 5.96 Å². The minimum Gasteiger partial charge on any atom is -0.496 e. The maximum Gasteiger partial charge on any atom is 0.191 e. The Kier molecular flexibility index (Phi) is 8.57. The molecule has 1 saturated carbocycles. The van der Waals surface area contributed by atoms with Gasteiger partial charge in [-0.1, -0.05) is 12.1 Å². The van der Waals surface area contributed by atoms with Crippen LogP contribution in [0.4, 0.5) is 4.39 Å². The van der Waals surface area contributed by atoms with Gasteiger partial charge in [0.05, 0.1) is 33.4 Å². The van der Waals surface area contributed by atoms with E-state index in [4.69, 9.17) is 14.2 Å². The van der Waals surface area contributed by atoms with E-state index in [1.807, 2.05) is 18.2 Å². The molecule has 2 aromatic rings. The predicted molar refractivity (Wildman–Crippen MR) is 127 cm³/mol. The lowest BCUT2D eigenvalue weighted by Crippen LogP contribution is -2.41. The molecule has 2 N–H and O–H groups in total. The Hall–Kier alpha value is -2.23. The fraction of sp³-hybridized carbons (Fsp3) is 0.409. The number of nitrogens with zero attached hydrogens (tertiary/aromatic N) is 1. The summed E-state index contributed by atoms with van der Waals surface area (Å²) in [7, 11) is 6.55. The quantitative estimate of drug-likeness (QED) is 0.309. The van der Waals surface area contributed by atoms with Gasteiger partial charge in [0.1, 0.15) is 23.1 Å². The van der Waals surface area contributed by atoms with Crippen molar-refractivity contribution in [2.24, 2.45) is 4.99 Å². The zero-order chi connectivity index (χ0) is 20.9. The SMILES string of the molecule is CN=C(NCc1c(OC)cc(OC)cc1OC)NCC1(c2cccc(F)c2)CC1.I. The lowest BCUT2D eigenvalue weighted by molar-refractivity contribution is 0.368. The van der Waals surface area contributed by atoms with Gasteiger partial charge in [-0.05, 0) is 30.5 Å². The summed E-state index contributed by atoms with van der Waals surface area (Å²) in [5, 5.41) is 6.67. The van der Waals surface area contributed by atoms with E-state index in [9.17, 15) is 4.39 Å². The summed E-state index contributed by atoms with van der Waals surface area (Å²) in [6.07, 6.45) is 2.06. The van der Waals surface area contributed by atoms with E-state index >= 15 is 0 Å². The smallest absolute Gasteiger partial charge is 0.191 e. The van der Waals surface area contributed by atoms with Crippen molar-refractivity contribution in [2.75, 3.05) is 34.9 Å². The molecule has 0 amide bonds. The van der Waals surface area contributed by atoms with Crippen molar-refractivity contribution in [1.29, 1.82) is 0 Å². The van der Waals surface area contributed by atoms with E-state index in [0.29, 0.717) is 36.3 Å². The van der Waals surface area contributed by atoms with Gasteiger partial charge >= 0.3 is 0 Å². The van der Waals surface area contributed by atoms with Gasteiger partial charge in [0, 0.05) is 31.1 Å². The number of aliphatic imine (C=N–C) groups is 1. The van der Waals surface area contributed by atoms with Crippen LogP contribution in [0.5, 0.6) is 17.2 Å². The van der Waals surface area contributed by atoms with Crippen LogP contribution in [-0.4, -0.2) is 40.9 Å². The first-order valence-corrected chi connectivity index (χ1v) is 9.54. The molecule has 0 bridgehead atoms. The van der Waals surface area contributed by atoms with E-state index < -0.39 is 0 Å². The average Bonchev–Trinajstić information content (AvgIpc) is 3.54. The summed E-state index contributed by atoms with van der Waals surface area (Å²) in [5.74, 6) is 2.46. The largest absolute Gasteiger partial charge is 0.496 e. The van der Waals surface area contributed by atoms with Crippen LogP contribution in [0.2, 0.25) is 0 Å². The van der Waals surface area contributed by atoms with E-state index in [1.54, 1.807) is 40.5 Å². The number of guanidine groups is 1. The van der Waals surface area contributed by atoms with Gasteiger partial charge in [0.25, 0.3) is 0 Å². The molecule has 0 aromatic heterocycles. The number of rotatable bonds is 8. The Morgan fingerprint density at radius 1 is 1.03 bits per heavy atom. The molecule has 0 atom stereocenters. The second kappa shape index (κ2) is 10.7. The summed E-state index contributed by atoms with van der Waals surface area (Å²) in [6.45, 7) is 1.15. The second-order valence-electron chi connectivity index (χ2n) is 7.08. The molecule has 164 valence electrons. The molecule has 3 rings (SSSR count). The minimum absolute atomic E-state index is 0. The van der Waals surface area contributed by atoms with Crippen LogP contribution in [-0.2, 0) is 12.0 Å². The maximum absolute atomic E-state index is 13.6. The van der Waals surface area contributed by atoms with Gasteiger partial charge < -0.3 is 24.8 Å². The topological polar surface area (TPSA) is 64.1 Å². The third-order valence-corrected chi connectivity index (χ3v) is 5.36. The van der Waals surface area contributed by atoms with Crippen molar-refractivity contribution in [3.8, 4) is 17.2 Å². The van der Waals surface area contributed by atoms with Crippen molar-refractivity contribution in [1.82, 2.24) is 10.6 Å². The van der Waals surface area contributed by atoms with Crippen molar-refractivity contribution in [2.45, 2.75) is 24.8 Å². The minimum atomic E-state index is -0.199. The van der Waals surface area contributed by atoms with Gasteiger partial charge in [0.2, 0.25) is 0 Å². The van der Waals surface area contributed by atoms with Crippen LogP contribution >= 0.6 is 24.0 Å². The maximum atomic E-state index is 13.6. The molecule has 0 aliphatic heterocycles. The van der Waals surface area contributed by atoms with Gasteiger partial charge in [-0.2, -0.15) is 0 Å². The highest BCUT2D eigenvalue weighted by Crippen LogP contribution is 2.47. The Morgan fingerprint density at radius 2 is 1.70 bits per heavy atom. The highest BCUT2D eigenvalue weighted by molar-refractivity contribution is 14.0. The molecule has 1 fully saturated rings. The molecule has 30 heavy (non-hydrogen) atoms. The lowest BCUT2D eigenvalue weighted by atomic mass is 9.96. The van der Waals surface area contributed by atoms with E-state index in [2.05, 4.69) is 15.6 Å². The highest BCUT2D eigenvalue weighted by atomic mass is 127. The molecular formula is C22H29FIN3O3. The molecule has 1 aliphatic rings. The zero-order valence-corrected chi connectivity index (χ0v) is 20.1. The van der Waals surface area contributed by atoms with E-state index in [1.165, 1.54) is 6.07 Å². The van der Waals surface area contributed by atoms with Gasteiger partial charge in [-0.3, -0.25) is 4.99 Å². The van der Waals surface area contributed by atoms with Crippen LogP contribution < -0.4 is 24.8 Å². The number of ether oxygens (including phenoxy) is 3. The van der Waals surface area contributed by atoms with Crippen molar-refractivity contribution >= 4 is 29.9 Å². The number of benzene rings is 2. The van der Waals surface area contributed by atoms with Crippen molar-refractivity contribution in [3.05, 3.63) is 53.3 Å². The third kappa shape index (κ3) is 5.47. The van der Waals surface area contributed by atoms with Crippen LogP contribution in [0.1, 0.15) is 24.0 Å². The van der Waals surface area contributed by atoms with E-state index in [0.717, 1.165) is 24.0 Å². The molecule has 1 aliphatic carbocycles. The molecule has 2 aromatic carbocycles. The fourth-order valence-corrected chi connectivity index (χ4v) is 3.43. The number of methoxy groups -OCH3 is 3. The Labute approximate surface area is 194 Å². The highest BCUT2D eigenvalue weighted by Gasteiger charge is 2.44. The molecular weight excluding hydrogens is 500 g/mol. The average molecular weight is 529 g/mol. The first-order valence-electron chi connectivity index (χ1n) is 9.54. The Bertz CT molecular complexity index is 863. The molecule has 0 unspecified atom stereocenters. The third-order valence-electron chi connectivity index (χ3n) is 5.36. The molecule has 0 saturated heterocycles. The van der Waals surface area contributed by atoms with Crippen LogP contribution in [0.25, 0.3) is 0 Å². The number of nitrogens with one attached hydrogen (secondary N) is 2. The summed E-state index contributed by atoms with van der Waals surface area (Å²) in [4.78, 5) is 4.30. The summed E-state index contributed by atoms with van der Waals surface area (Å²) >= 11 is 0. The van der Waals surface area contributed by atoms with Crippen molar-refractivity contribution in [3.63, 3.8) is 0 Å².